The van der Waals surface area contributed by atoms with Gasteiger partial charge < -0.3 is 9.67 Å². The van der Waals surface area contributed by atoms with E-state index >= 15 is 0 Å². The first-order chi connectivity index (χ1) is 13.4. The van der Waals surface area contributed by atoms with Crippen molar-refractivity contribution in [3.05, 3.63) is 18.7 Å². The number of aromatic nitrogens is 2. The van der Waals surface area contributed by atoms with Gasteiger partial charge in [0.2, 0.25) is 0 Å². The lowest BCUT2D eigenvalue weighted by molar-refractivity contribution is -0.132. The van der Waals surface area contributed by atoms with Crippen LogP contribution >= 0.6 is 0 Å². The zero-order chi connectivity index (χ0) is 19.5. The van der Waals surface area contributed by atoms with Gasteiger partial charge in [0.15, 0.2) is 5.78 Å². The molecule has 4 nitrogen and oxygen atoms in total. The van der Waals surface area contributed by atoms with E-state index in [4.69, 9.17) is 0 Å². The third kappa shape index (κ3) is 2.98. The van der Waals surface area contributed by atoms with E-state index in [2.05, 4.69) is 11.9 Å². The molecule has 1 N–H and O–H groups in total. The highest BCUT2D eigenvalue weighted by Gasteiger charge is 2.58. The molecule has 4 aliphatic rings. The number of nitrogens with zero attached hydrogens (tertiary/aromatic N) is 2. The van der Waals surface area contributed by atoms with Crippen LogP contribution in [0.1, 0.15) is 71.6 Å². The number of hydrogen-bond donors (Lipinski definition) is 1. The molecule has 4 heteroatoms. The van der Waals surface area contributed by atoms with Crippen LogP contribution in [0.3, 0.4) is 0 Å². The summed E-state index contributed by atoms with van der Waals surface area (Å²) < 4.78 is 1.93. The molecule has 4 fully saturated rings. The van der Waals surface area contributed by atoms with Crippen LogP contribution < -0.4 is 0 Å². The zero-order valence-electron chi connectivity index (χ0n) is 17.5. The maximum absolute atomic E-state index is 13.2. The van der Waals surface area contributed by atoms with Crippen LogP contribution in [0.4, 0.5) is 0 Å². The quantitative estimate of drug-likeness (QED) is 0.836. The number of fused-ring (bicyclic) bond motifs is 5. The average molecular weight is 385 g/mol. The summed E-state index contributed by atoms with van der Waals surface area (Å²) in [5.41, 5.74) is -0.235. The molecule has 0 spiro atoms. The highest BCUT2D eigenvalue weighted by Crippen LogP contribution is 2.64. The Morgan fingerprint density at radius 3 is 2.68 bits per heavy atom. The van der Waals surface area contributed by atoms with Gasteiger partial charge in [-0.2, -0.15) is 0 Å². The van der Waals surface area contributed by atoms with Gasteiger partial charge in [0.1, 0.15) is 0 Å². The van der Waals surface area contributed by atoms with Crippen LogP contribution in [0, 0.1) is 40.9 Å². The molecule has 0 unspecified atom stereocenters. The Morgan fingerprint density at radius 2 is 1.89 bits per heavy atom. The lowest BCUT2D eigenvalue weighted by Crippen LogP contribution is -2.51. The largest absolute Gasteiger partial charge is 0.390 e. The average Bonchev–Trinajstić information content (AvgIpc) is 3.27. The first kappa shape index (κ1) is 18.8. The minimum absolute atomic E-state index is 0.200. The lowest BCUT2D eigenvalue weighted by atomic mass is 9.49. The minimum Gasteiger partial charge on any atom is -0.390 e. The normalized spacial score (nSPS) is 47.8. The minimum atomic E-state index is -0.435. The number of carbonyl (C=O) groups excluding carboxylic acids is 1. The second kappa shape index (κ2) is 6.68. The molecule has 0 saturated heterocycles. The highest BCUT2D eigenvalue weighted by atomic mass is 16.3. The van der Waals surface area contributed by atoms with Crippen molar-refractivity contribution < 1.29 is 9.90 Å². The summed E-state index contributed by atoms with van der Waals surface area (Å²) in [6.07, 6.45) is 16.1. The molecule has 4 aliphatic carbocycles. The molecule has 0 radical (unpaired) electrons. The number of rotatable bonds is 3. The number of aliphatic hydroxyl groups is 1. The molecule has 8 atom stereocenters. The van der Waals surface area contributed by atoms with Gasteiger partial charge in [-0.05, 0) is 99.7 Å². The van der Waals surface area contributed by atoms with Gasteiger partial charge in [0, 0.05) is 18.3 Å². The monoisotopic (exact) mass is 384 g/mol. The van der Waals surface area contributed by atoms with E-state index in [-0.39, 0.29) is 11.3 Å². The van der Waals surface area contributed by atoms with E-state index in [9.17, 15) is 9.90 Å². The summed E-state index contributed by atoms with van der Waals surface area (Å²) >= 11 is 0. The molecule has 4 saturated carbocycles. The van der Waals surface area contributed by atoms with Crippen molar-refractivity contribution in [3.8, 4) is 0 Å². The summed E-state index contributed by atoms with van der Waals surface area (Å²) in [5.74, 6) is 4.59. The number of hydrogen-bond acceptors (Lipinski definition) is 3. The Morgan fingerprint density at radius 1 is 1.07 bits per heavy atom. The molecule has 1 aromatic rings. The molecule has 5 rings (SSSR count). The van der Waals surface area contributed by atoms with E-state index in [0.717, 1.165) is 48.9 Å². The van der Waals surface area contributed by atoms with E-state index in [1.807, 2.05) is 17.7 Å². The molecule has 1 heterocycles. The Balaban J connectivity index is 1.32. The van der Waals surface area contributed by atoms with Crippen molar-refractivity contribution in [3.63, 3.8) is 0 Å². The molecule has 0 aromatic carbocycles. The molecular weight excluding hydrogens is 348 g/mol. The molecule has 28 heavy (non-hydrogen) atoms. The summed E-state index contributed by atoms with van der Waals surface area (Å²) in [5, 5.41) is 10.6. The van der Waals surface area contributed by atoms with Gasteiger partial charge in [0.25, 0.3) is 0 Å². The van der Waals surface area contributed by atoms with Crippen molar-refractivity contribution in [1.29, 1.82) is 0 Å². The van der Waals surface area contributed by atoms with Crippen molar-refractivity contribution >= 4 is 5.78 Å². The summed E-state index contributed by atoms with van der Waals surface area (Å²) in [4.78, 5) is 17.3. The Hall–Kier alpha value is -1.16. The third-order valence-electron chi connectivity index (χ3n) is 9.52. The standard InChI is InChI=1S/C24H36N2O2/c1-23(28)9-7-17-16(13-23)3-4-19-18(17)8-10-24(2)20(19)5-6-21(24)22(27)14-26-12-11-25-15-26/h11-12,15-21,28H,3-10,13-14H2,1-2H3/t16-,17+,18-,19-,20+,21-,23-,24+/m1/s1. The van der Waals surface area contributed by atoms with Crippen LogP contribution in [-0.2, 0) is 11.3 Å². The zero-order valence-corrected chi connectivity index (χ0v) is 17.5. The van der Waals surface area contributed by atoms with Crippen molar-refractivity contribution in [1.82, 2.24) is 9.55 Å². The van der Waals surface area contributed by atoms with Gasteiger partial charge in [-0.15, -0.1) is 0 Å². The van der Waals surface area contributed by atoms with Crippen LogP contribution in [0.5, 0.6) is 0 Å². The lowest BCUT2D eigenvalue weighted by Gasteiger charge is -2.56. The second-order valence-electron chi connectivity index (χ2n) is 11.1. The van der Waals surface area contributed by atoms with E-state index < -0.39 is 5.60 Å². The molecule has 1 aromatic heterocycles. The van der Waals surface area contributed by atoms with Crippen molar-refractivity contribution in [2.24, 2.45) is 40.9 Å². The second-order valence-corrected chi connectivity index (χ2v) is 11.1. The molecular formula is C24H36N2O2. The maximum Gasteiger partial charge on any atom is 0.156 e. The Bertz CT molecular complexity index is 727. The number of imidazole rings is 1. The van der Waals surface area contributed by atoms with E-state index in [1.165, 1.54) is 38.5 Å². The van der Waals surface area contributed by atoms with Gasteiger partial charge >= 0.3 is 0 Å². The molecule has 0 amide bonds. The van der Waals surface area contributed by atoms with Gasteiger partial charge in [-0.1, -0.05) is 6.92 Å². The van der Waals surface area contributed by atoms with Crippen LogP contribution in [0.2, 0.25) is 0 Å². The third-order valence-corrected chi connectivity index (χ3v) is 9.52. The summed E-state index contributed by atoms with van der Waals surface area (Å²) in [6.45, 7) is 4.97. The number of Topliss-reactive ketones (excluding diaryl/α,β-unsaturated/α-hetero) is 1. The smallest absolute Gasteiger partial charge is 0.156 e. The molecule has 154 valence electrons. The van der Waals surface area contributed by atoms with Crippen LogP contribution in [0.15, 0.2) is 18.7 Å². The topological polar surface area (TPSA) is 55.1 Å². The van der Waals surface area contributed by atoms with E-state index in [1.54, 1.807) is 12.5 Å². The van der Waals surface area contributed by atoms with Gasteiger partial charge in [0.05, 0.1) is 18.5 Å². The van der Waals surface area contributed by atoms with Gasteiger partial charge in [-0.3, -0.25) is 4.79 Å². The first-order valence-electron chi connectivity index (χ1n) is 11.6. The molecule has 0 aliphatic heterocycles. The Labute approximate surface area is 169 Å². The van der Waals surface area contributed by atoms with Gasteiger partial charge in [-0.25, -0.2) is 4.98 Å². The number of carbonyl (C=O) groups is 1. The number of ketones is 1. The first-order valence-corrected chi connectivity index (χ1v) is 11.6. The maximum atomic E-state index is 13.2. The fourth-order valence-electron chi connectivity index (χ4n) is 8.28. The van der Waals surface area contributed by atoms with Crippen LogP contribution in [0.25, 0.3) is 0 Å². The van der Waals surface area contributed by atoms with Crippen molar-refractivity contribution in [2.45, 2.75) is 83.8 Å². The van der Waals surface area contributed by atoms with Crippen LogP contribution in [-0.4, -0.2) is 26.0 Å². The fourth-order valence-corrected chi connectivity index (χ4v) is 8.28. The highest BCUT2D eigenvalue weighted by molar-refractivity contribution is 5.82. The molecule has 0 bridgehead atoms. The summed E-state index contributed by atoms with van der Waals surface area (Å²) in [6, 6.07) is 0. The van der Waals surface area contributed by atoms with E-state index in [0.29, 0.717) is 12.3 Å². The fraction of sp³-hybridized carbons (Fsp3) is 0.833. The Kier molecular flexibility index (Phi) is 4.50. The predicted molar refractivity (Wildman–Crippen MR) is 108 cm³/mol. The summed E-state index contributed by atoms with van der Waals surface area (Å²) in [7, 11) is 0. The predicted octanol–water partition coefficient (Wildman–Crippen LogP) is 4.47. The van der Waals surface area contributed by atoms with Crippen molar-refractivity contribution in [2.75, 3.05) is 0 Å². The SMILES string of the molecule is C[C@@]1(O)CC[C@H]2[C@H](CC[C@@H]3[C@@H]2CC[C@]2(C)[C@@H](C(=O)Cn4ccnc4)CC[C@@H]32)C1.